The Morgan fingerprint density at radius 1 is 1.00 bits per heavy atom. The van der Waals surface area contributed by atoms with Crippen LogP contribution in [0.15, 0.2) is 42.6 Å². The van der Waals surface area contributed by atoms with E-state index in [4.69, 9.17) is 0 Å². The van der Waals surface area contributed by atoms with E-state index in [1.165, 1.54) is 56.2 Å². The van der Waals surface area contributed by atoms with Crippen LogP contribution < -0.4 is 0 Å². The summed E-state index contributed by atoms with van der Waals surface area (Å²) in [5.41, 5.74) is 3.25. The Labute approximate surface area is 132 Å². The molecule has 1 nitrogen and oxygen atoms in total. The van der Waals surface area contributed by atoms with Crippen molar-refractivity contribution in [3.05, 3.63) is 54.0 Å². The molecule has 0 atom stereocenters. The van der Waals surface area contributed by atoms with Crippen molar-refractivity contribution >= 4 is 0 Å². The van der Waals surface area contributed by atoms with Gasteiger partial charge in [-0.3, -0.25) is 4.98 Å². The van der Waals surface area contributed by atoms with Gasteiger partial charge in [0, 0.05) is 11.8 Å². The number of hydrogen-bond acceptors (Lipinski definition) is 1. The van der Waals surface area contributed by atoms with E-state index in [-0.39, 0.29) is 5.82 Å². The molecule has 0 spiro atoms. The van der Waals surface area contributed by atoms with Gasteiger partial charge >= 0.3 is 0 Å². The van der Waals surface area contributed by atoms with Crippen LogP contribution in [-0.2, 0) is 0 Å². The quantitative estimate of drug-likeness (QED) is 0.678. The van der Waals surface area contributed by atoms with Crippen molar-refractivity contribution in [2.24, 2.45) is 5.92 Å². The van der Waals surface area contributed by atoms with Gasteiger partial charge in [-0.05, 0) is 73.4 Å². The molecule has 116 valence electrons. The lowest BCUT2D eigenvalue weighted by molar-refractivity contribution is 0.308. The second-order valence-corrected chi connectivity index (χ2v) is 6.49. The molecule has 1 aliphatic rings. The van der Waals surface area contributed by atoms with E-state index in [1.807, 2.05) is 6.20 Å². The summed E-state index contributed by atoms with van der Waals surface area (Å²) in [5.74, 6) is 1.40. The molecule has 1 fully saturated rings. The van der Waals surface area contributed by atoms with Crippen LogP contribution in [-0.4, -0.2) is 4.98 Å². The molecule has 0 bridgehead atoms. The van der Waals surface area contributed by atoms with E-state index < -0.39 is 0 Å². The molecule has 0 amide bonds. The molecule has 2 heteroatoms. The zero-order valence-corrected chi connectivity index (χ0v) is 13.3. The first-order chi connectivity index (χ1) is 10.8. The molecule has 0 radical (unpaired) electrons. The minimum Gasteiger partial charge on any atom is -0.256 e. The third-order valence-electron chi connectivity index (χ3n) is 4.94. The van der Waals surface area contributed by atoms with Gasteiger partial charge in [0.05, 0.1) is 5.69 Å². The maximum atomic E-state index is 13.0. The minimum atomic E-state index is -0.204. The number of pyridine rings is 1. The summed E-state index contributed by atoms with van der Waals surface area (Å²) in [4.78, 5) is 4.59. The molecular weight excluding hydrogens is 273 g/mol. The second kappa shape index (κ2) is 7.04. The third-order valence-corrected chi connectivity index (χ3v) is 4.94. The molecule has 2 aromatic rings. The maximum absolute atomic E-state index is 13.0. The molecule has 1 aromatic carbocycles. The summed E-state index contributed by atoms with van der Waals surface area (Å²) in [6, 6.07) is 10.8. The highest BCUT2D eigenvalue weighted by Gasteiger charge is 2.21. The fourth-order valence-electron chi connectivity index (χ4n) is 3.63. The van der Waals surface area contributed by atoms with Crippen molar-refractivity contribution in [2.45, 2.75) is 51.4 Å². The Kier molecular flexibility index (Phi) is 4.87. The lowest BCUT2D eigenvalue weighted by atomic mass is 9.77. The smallest absolute Gasteiger partial charge is 0.123 e. The van der Waals surface area contributed by atoms with Gasteiger partial charge in [-0.15, -0.1) is 0 Å². The van der Waals surface area contributed by atoms with E-state index in [9.17, 15) is 4.39 Å². The largest absolute Gasteiger partial charge is 0.256 e. The van der Waals surface area contributed by atoms with Crippen molar-refractivity contribution in [3.63, 3.8) is 0 Å². The average Bonchev–Trinajstić information content (AvgIpc) is 2.57. The number of benzene rings is 1. The van der Waals surface area contributed by atoms with E-state index in [0.29, 0.717) is 5.92 Å². The highest BCUT2D eigenvalue weighted by Crippen LogP contribution is 2.37. The van der Waals surface area contributed by atoms with E-state index >= 15 is 0 Å². The Hall–Kier alpha value is -1.70. The Morgan fingerprint density at radius 2 is 1.73 bits per heavy atom. The Bertz CT molecular complexity index is 580. The summed E-state index contributed by atoms with van der Waals surface area (Å²) < 4.78 is 13.0. The maximum Gasteiger partial charge on any atom is 0.123 e. The normalized spacial score (nSPS) is 21.7. The Morgan fingerprint density at radius 3 is 2.32 bits per heavy atom. The zero-order valence-electron chi connectivity index (χ0n) is 13.3. The van der Waals surface area contributed by atoms with Crippen LogP contribution >= 0.6 is 0 Å². The van der Waals surface area contributed by atoms with Gasteiger partial charge in [0.1, 0.15) is 5.82 Å². The van der Waals surface area contributed by atoms with Crippen molar-refractivity contribution in [1.82, 2.24) is 4.98 Å². The number of aromatic nitrogens is 1. The second-order valence-electron chi connectivity index (χ2n) is 6.49. The van der Waals surface area contributed by atoms with Gasteiger partial charge in [0.2, 0.25) is 0 Å². The van der Waals surface area contributed by atoms with Gasteiger partial charge in [-0.1, -0.05) is 25.8 Å². The number of nitrogens with zero attached hydrogens (tertiary/aromatic N) is 1. The average molecular weight is 297 g/mol. The van der Waals surface area contributed by atoms with Crippen LogP contribution in [0.5, 0.6) is 0 Å². The molecule has 1 saturated carbocycles. The molecule has 0 unspecified atom stereocenters. The Balaban J connectivity index is 1.66. The molecule has 22 heavy (non-hydrogen) atoms. The summed E-state index contributed by atoms with van der Waals surface area (Å²) in [7, 11) is 0. The molecule has 1 heterocycles. The zero-order chi connectivity index (χ0) is 15.4. The van der Waals surface area contributed by atoms with Gasteiger partial charge in [0.25, 0.3) is 0 Å². The highest BCUT2D eigenvalue weighted by atomic mass is 19.1. The predicted octanol–water partition coefficient (Wildman–Crippen LogP) is 5.96. The highest BCUT2D eigenvalue weighted by molar-refractivity contribution is 5.58. The minimum absolute atomic E-state index is 0.204. The summed E-state index contributed by atoms with van der Waals surface area (Å²) >= 11 is 0. The molecule has 0 N–H and O–H groups in total. The van der Waals surface area contributed by atoms with Crippen LogP contribution in [0.2, 0.25) is 0 Å². The van der Waals surface area contributed by atoms with Crippen LogP contribution in [0.4, 0.5) is 4.39 Å². The molecule has 1 aromatic heterocycles. The van der Waals surface area contributed by atoms with E-state index in [2.05, 4.69) is 24.0 Å². The molecule has 0 saturated heterocycles. The van der Waals surface area contributed by atoms with Crippen LogP contribution in [0.1, 0.15) is 56.9 Å². The van der Waals surface area contributed by atoms with E-state index in [0.717, 1.165) is 17.2 Å². The molecule has 3 rings (SSSR count). The van der Waals surface area contributed by atoms with Crippen LogP contribution in [0, 0.1) is 11.7 Å². The predicted molar refractivity (Wildman–Crippen MR) is 89.2 cm³/mol. The van der Waals surface area contributed by atoms with Crippen molar-refractivity contribution in [1.29, 1.82) is 0 Å². The van der Waals surface area contributed by atoms with Gasteiger partial charge < -0.3 is 0 Å². The summed E-state index contributed by atoms with van der Waals surface area (Å²) in [5, 5.41) is 0. The fourth-order valence-corrected chi connectivity index (χ4v) is 3.63. The summed E-state index contributed by atoms with van der Waals surface area (Å²) in [6.45, 7) is 2.28. The van der Waals surface area contributed by atoms with Crippen molar-refractivity contribution in [3.8, 4) is 11.3 Å². The van der Waals surface area contributed by atoms with Crippen molar-refractivity contribution in [2.75, 3.05) is 0 Å². The van der Waals surface area contributed by atoms with Crippen LogP contribution in [0.3, 0.4) is 0 Å². The number of halogens is 1. The lowest BCUT2D eigenvalue weighted by Crippen LogP contribution is -2.13. The monoisotopic (exact) mass is 297 g/mol. The fraction of sp³-hybridized carbons (Fsp3) is 0.450. The molecule has 1 aliphatic carbocycles. The van der Waals surface area contributed by atoms with Crippen LogP contribution in [0.25, 0.3) is 11.3 Å². The lowest BCUT2D eigenvalue weighted by Gasteiger charge is -2.28. The first-order valence-electron chi connectivity index (χ1n) is 8.48. The first-order valence-corrected chi connectivity index (χ1v) is 8.48. The summed E-state index contributed by atoms with van der Waals surface area (Å²) in [6.07, 6.45) is 10.0. The topological polar surface area (TPSA) is 12.9 Å². The standard InChI is InChI=1S/C20H24FN/c1-2-3-15-4-6-16(7-5-15)18-10-13-20(22-14-18)17-8-11-19(21)12-9-17/h8-16H,2-7H2,1H3/t15-,16-. The van der Waals surface area contributed by atoms with Crippen molar-refractivity contribution < 1.29 is 4.39 Å². The van der Waals surface area contributed by atoms with Gasteiger partial charge in [-0.25, -0.2) is 4.39 Å². The third kappa shape index (κ3) is 3.55. The molecule has 0 aliphatic heterocycles. The van der Waals surface area contributed by atoms with E-state index in [1.54, 1.807) is 12.1 Å². The SMILES string of the molecule is CCC[C@H]1CC[C@H](c2ccc(-c3ccc(F)cc3)nc2)CC1. The van der Waals surface area contributed by atoms with Gasteiger partial charge in [-0.2, -0.15) is 0 Å². The van der Waals surface area contributed by atoms with Gasteiger partial charge in [0.15, 0.2) is 0 Å². The molecular formula is C20H24FN. The number of hydrogen-bond donors (Lipinski definition) is 0. The number of rotatable bonds is 4. The first kappa shape index (κ1) is 15.2.